The smallest absolute Gasteiger partial charge is 0.259 e. The van der Waals surface area contributed by atoms with Crippen molar-refractivity contribution in [3.05, 3.63) is 121 Å². The van der Waals surface area contributed by atoms with Crippen molar-refractivity contribution in [2.75, 3.05) is 5.32 Å². The summed E-state index contributed by atoms with van der Waals surface area (Å²) >= 11 is 0. The van der Waals surface area contributed by atoms with Gasteiger partial charge in [0.25, 0.3) is 5.91 Å². The quantitative estimate of drug-likeness (QED) is 0.374. The van der Waals surface area contributed by atoms with Crippen LogP contribution in [0.15, 0.2) is 104 Å². The maximum atomic E-state index is 13.5. The van der Waals surface area contributed by atoms with Crippen molar-refractivity contribution in [1.82, 2.24) is 19.5 Å². The van der Waals surface area contributed by atoms with E-state index >= 15 is 0 Å². The van der Waals surface area contributed by atoms with Crippen molar-refractivity contribution >= 4 is 11.7 Å². The van der Waals surface area contributed by atoms with E-state index in [-0.39, 0.29) is 11.7 Å². The van der Waals surface area contributed by atoms with Crippen molar-refractivity contribution < 1.29 is 9.18 Å². The minimum atomic E-state index is -0.363. The second kappa shape index (κ2) is 9.46. The number of nitrogens with zero attached hydrogens (tertiary/aromatic N) is 4. The highest BCUT2D eigenvalue weighted by atomic mass is 19.1. The van der Waals surface area contributed by atoms with Crippen LogP contribution in [0.4, 0.5) is 10.2 Å². The van der Waals surface area contributed by atoms with Crippen LogP contribution in [0.1, 0.15) is 15.9 Å². The molecular weight excluding hydrogens is 429 g/mol. The highest BCUT2D eigenvalue weighted by Crippen LogP contribution is 2.28. The van der Waals surface area contributed by atoms with E-state index in [4.69, 9.17) is 0 Å². The van der Waals surface area contributed by atoms with E-state index in [0.717, 1.165) is 11.1 Å². The standard InChI is InChI=1S/C27H20FN5O/c28-23-13-11-20(12-14-23)24-26(33(18-31-24)17-19-7-3-1-4-8-19)32-27(34)22-15-29-25(30-16-22)21-9-5-2-6-10-21/h1-16,18H,17H2,(H,32,34). The van der Waals surface area contributed by atoms with Gasteiger partial charge in [-0.3, -0.25) is 4.79 Å². The van der Waals surface area contributed by atoms with E-state index in [9.17, 15) is 9.18 Å². The fraction of sp³-hybridized carbons (Fsp3) is 0.0370. The molecule has 3 aromatic carbocycles. The zero-order valence-electron chi connectivity index (χ0n) is 18.1. The SMILES string of the molecule is O=C(Nc1c(-c2ccc(F)cc2)ncn1Cc1ccccc1)c1cnc(-c2ccccc2)nc1. The van der Waals surface area contributed by atoms with E-state index < -0.39 is 0 Å². The van der Waals surface area contributed by atoms with E-state index in [1.807, 2.05) is 65.2 Å². The van der Waals surface area contributed by atoms with Gasteiger partial charge >= 0.3 is 0 Å². The highest BCUT2D eigenvalue weighted by Gasteiger charge is 2.18. The van der Waals surface area contributed by atoms with Gasteiger partial charge in [-0.25, -0.2) is 19.3 Å². The number of benzene rings is 3. The Balaban J connectivity index is 1.45. The zero-order valence-corrected chi connectivity index (χ0v) is 18.1. The number of halogens is 1. The molecule has 0 unspecified atom stereocenters. The number of imidazole rings is 1. The molecule has 2 heterocycles. The highest BCUT2D eigenvalue weighted by molar-refractivity contribution is 6.05. The first-order valence-corrected chi connectivity index (χ1v) is 10.7. The van der Waals surface area contributed by atoms with Crippen molar-refractivity contribution in [2.45, 2.75) is 6.54 Å². The predicted molar refractivity (Wildman–Crippen MR) is 129 cm³/mol. The average molecular weight is 449 g/mol. The number of aromatic nitrogens is 4. The summed E-state index contributed by atoms with van der Waals surface area (Å²) in [5.41, 5.74) is 3.48. The van der Waals surface area contributed by atoms with E-state index in [2.05, 4.69) is 20.3 Å². The molecule has 0 aliphatic heterocycles. The molecule has 0 spiro atoms. The van der Waals surface area contributed by atoms with Crippen molar-refractivity contribution in [3.63, 3.8) is 0 Å². The van der Waals surface area contributed by atoms with Gasteiger partial charge in [0.2, 0.25) is 0 Å². The van der Waals surface area contributed by atoms with Crippen LogP contribution in [-0.4, -0.2) is 25.4 Å². The number of hydrogen-bond acceptors (Lipinski definition) is 4. The number of carbonyl (C=O) groups is 1. The summed E-state index contributed by atoms with van der Waals surface area (Å²) in [6, 6.07) is 25.4. The Morgan fingerprint density at radius 3 is 2.12 bits per heavy atom. The number of hydrogen-bond donors (Lipinski definition) is 1. The third kappa shape index (κ3) is 4.59. The van der Waals surface area contributed by atoms with Gasteiger partial charge in [0.1, 0.15) is 17.3 Å². The average Bonchev–Trinajstić information content (AvgIpc) is 3.27. The topological polar surface area (TPSA) is 72.7 Å². The van der Waals surface area contributed by atoms with Crippen molar-refractivity contribution in [2.24, 2.45) is 0 Å². The molecule has 7 heteroatoms. The molecule has 0 aliphatic carbocycles. The summed E-state index contributed by atoms with van der Waals surface area (Å²) in [6.07, 6.45) is 4.66. The Kier molecular flexibility index (Phi) is 5.90. The van der Waals surface area contributed by atoms with Crippen LogP contribution >= 0.6 is 0 Å². The van der Waals surface area contributed by atoms with Crippen molar-refractivity contribution in [3.8, 4) is 22.6 Å². The first-order chi connectivity index (χ1) is 16.7. The fourth-order valence-corrected chi connectivity index (χ4v) is 3.59. The Hall–Kier alpha value is -4.65. The third-order valence-electron chi connectivity index (χ3n) is 5.33. The lowest BCUT2D eigenvalue weighted by atomic mass is 10.1. The van der Waals surface area contributed by atoms with Gasteiger partial charge in [0, 0.05) is 23.5 Å². The maximum absolute atomic E-state index is 13.5. The molecule has 6 nitrogen and oxygen atoms in total. The van der Waals surface area contributed by atoms with Crippen molar-refractivity contribution in [1.29, 1.82) is 0 Å². The molecule has 0 atom stereocenters. The van der Waals surface area contributed by atoms with Gasteiger partial charge in [-0.05, 0) is 29.8 Å². The number of carbonyl (C=O) groups excluding carboxylic acids is 1. The zero-order chi connectivity index (χ0) is 23.3. The van der Waals surface area contributed by atoms with Gasteiger partial charge in [-0.1, -0.05) is 60.7 Å². The van der Waals surface area contributed by atoms with Gasteiger partial charge in [-0.2, -0.15) is 0 Å². The molecular formula is C27H20FN5O. The molecule has 166 valence electrons. The Morgan fingerprint density at radius 1 is 0.794 bits per heavy atom. The van der Waals surface area contributed by atoms with Crippen LogP contribution in [-0.2, 0) is 6.54 Å². The maximum Gasteiger partial charge on any atom is 0.259 e. The number of rotatable bonds is 6. The fourth-order valence-electron chi connectivity index (χ4n) is 3.59. The largest absolute Gasteiger partial charge is 0.312 e. The molecule has 1 N–H and O–H groups in total. The van der Waals surface area contributed by atoms with Crippen LogP contribution in [0.3, 0.4) is 0 Å². The van der Waals surface area contributed by atoms with Crippen LogP contribution in [0.5, 0.6) is 0 Å². The summed E-state index contributed by atoms with van der Waals surface area (Å²) in [5, 5.41) is 2.96. The molecule has 2 aromatic heterocycles. The lowest BCUT2D eigenvalue weighted by molar-refractivity contribution is 0.102. The number of anilines is 1. The molecule has 5 aromatic rings. The summed E-state index contributed by atoms with van der Waals surface area (Å²) in [6.45, 7) is 0.508. The molecule has 0 fully saturated rings. The predicted octanol–water partition coefficient (Wildman–Crippen LogP) is 5.45. The van der Waals surface area contributed by atoms with Gasteiger partial charge in [0.05, 0.1) is 18.4 Å². The molecule has 5 rings (SSSR count). The third-order valence-corrected chi connectivity index (χ3v) is 5.33. The van der Waals surface area contributed by atoms with Crippen LogP contribution in [0.2, 0.25) is 0 Å². The Bertz CT molecular complexity index is 1400. The van der Waals surface area contributed by atoms with E-state index in [1.165, 1.54) is 24.5 Å². The monoisotopic (exact) mass is 449 g/mol. The minimum Gasteiger partial charge on any atom is -0.312 e. The van der Waals surface area contributed by atoms with E-state index in [1.54, 1.807) is 18.5 Å². The first kappa shape index (κ1) is 21.2. The Labute approximate surface area is 195 Å². The van der Waals surface area contributed by atoms with Gasteiger partial charge < -0.3 is 9.88 Å². The van der Waals surface area contributed by atoms with Gasteiger partial charge in [-0.15, -0.1) is 0 Å². The summed E-state index contributed by atoms with van der Waals surface area (Å²) in [5.74, 6) is 0.345. The molecule has 0 bridgehead atoms. The van der Waals surface area contributed by atoms with Gasteiger partial charge in [0.15, 0.2) is 5.82 Å². The lowest BCUT2D eigenvalue weighted by Crippen LogP contribution is -2.16. The first-order valence-electron chi connectivity index (χ1n) is 10.7. The molecule has 1 amide bonds. The molecule has 0 radical (unpaired) electrons. The summed E-state index contributed by atoms with van der Waals surface area (Å²) in [7, 11) is 0. The molecule has 34 heavy (non-hydrogen) atoms. The second-order valence-corrected chi connectivity index (χ2v) is 7.68. The lowest BCUT2D eigenvalue weighted by Gasteiger charge is -2.12. The van der Waals surface area contributed by atoms with E-state index in [0.29, 0.717) is 35.0 Å². The minimum absolute atomic E-state index is 0.317. The molecule has 0 saturated carbocycles. The van der Waals surface area contributed by atoms with Crippen LogP contribution in [0.25, 0.3) is 22.6 Å². The number of amides is 1. The Morgan fingerprint density at radius 2 is 1.44 bits per heavy atom. The van der Waals surface area contributed by atoms with Crippen LogP contribution < -0.4 is 5.32 Å². The van der Waals surface area contributed by atoms with Crippen LogP contribution in [0, 0.1) is 5.82 Å². The molecule has 0 saturated heterocycles. The summed E-state index contributed by atoms with van der Waals surface area (Å²) in [4.78, 5) is 26.3. The summed E-state index contributed by atoms with van der Waals surface area (Å²) < 4.78 is 15.3. The second-order valence-electron chi connectivity index (χ2n) is 7.68. The molecule has 0 aliphatic rings. The number of nitrogens with one attached hydrogen (secondary N) is 1. The normalized spacial score (nSPS) is 10.7.